The molecule has 0 atom stereocenters. The van der Waals surface area contributed by atoms with Crippen LogP contribution in [0.15, 0.2) is 48.6 Å². The Bertz CT molecular complexity index is 647. The molecule has 1 heterocycles. The van der Waals surface area contributed by atoms with Crippen molar-refractivity contribution in [2.24, 2.45) is 11.5 Å². The predicted molar refractivity (Wildman–Crippen MR) is 97.0 cm³/mol. The summed E-state index contributed by atoms with van der Waals surface area (Å²) in [5.74, 6) is 0. The van der Waals surface area contributed by atoms with Gasteiger partial charge in [-0.15, -0.1) is 0 Å². The molecule has 5 heteroatoms. The minimum Gasteiger partial charge on any atom is -0.405 e. The molecule has 0 aromatic heterocycles. The van der Waals surface area contributed by atoms with Crippen molar-refractivity contribution in [3.8, 4) is 0 Å². The molecule has 4 N–H and O–H groups in total. The molecule has 1 aromatic rings. The molecule has 0 radical (unpaired) electrons. The summed E-state index contributed by atoms with van der Waals surface area (Å²) >= 11 is 0. The SMILES string of the molecule is C=Cc1cccc(/C(N)=C/C(=C\N)B2OC(C)(C)C(C)(C)O2)c1. The number of hydrogen-bond acceptors (Lipinski definition) is 4. The van der Waals surface area contributed by atoms with Crippen LogP contribution in [0.2, 0.25) is 0 Å². The highest BCUT2D eigenvalue weighted by Gasteiger charge is 2.52. The zero-order valence-corrected chi connectivity index (χ0v) is 14.3. The summed E-state index contributed by atoms with van der Waals surface area (Å²) in [5.41, 5.74) is 14.4. The highest BCUT2D eigenvalue weighted by molar-refractivity contribution is 6.55. The molecule has 1 aliphatic rings. The maximum absolute atomic E-state index is 6.22. The molecule has 2 rings (SSSR count). The van der Waals surface area contributed by atoms with Gasteiger partial charge in [0.15, 0.2) is 0 Å². The van der Waals surface area contributed by atoms with Crippen LogP contribution in [0, 0.1) is 0 Å². The summed E-state index contributed by atoms with van der Waals surface area (Å²) in [5, 5.41) is 0. The lowest BCUT2D eigenvalue weighted by molar-refractivity contribution is 0.00578. The second kappa shape index (κ2) is 6.26. The summed E-state index contributed by atoms with van der Waals surface area (Å²) in [7, 11) is -0.536. The van der Waals surface area contributed by atoms with Crippen molar-refractivity contribution in [3.05, 3.63) is 59.7 Å². The van der Waals surface area contributed by atoms with E-state index in [0.717, 1.165) is 11.1 Å². The maximum atomic E-state index is 6.22. The summed E-state index contributed by atoms with van der Waals surface area (Å²) in [4.78, 5) is 0. The van der Waals surface area contributed by atoms with Crippen molar-refractivity contribution >= 4 is 18.9 Å². The number of benzene rings is 1. The van der Waals surface area contributed by atoms with E-state index in [4.69, 9.17) is 20.8 Å². The summed E-state index contributed by atoms with van der Waals surface area (Å²) in [6.07, 6.45) is 5.06. The topological polar surface area (TPSA) is 70.5 Å². The van der Waals surface area contributed by atoms with E-state index in [-0.39, 0.29) is 0 Å². The Kier molecular flexibility index (Phi) is 4.73. The van der Waals surface area contributed by atoms with Crippen LogP contribution in [0.4, 0.5) is 0 Å². The largest absolute Gasteiger partial charge is 0.496 e. The Morgan fingerprint density at radius 1 is 1.17 bits per heavy atom. The Morgan fingerprint density at radius 3 is 2.30 bits per heavy atom. The van der Waals surface area contributed by atoms with Gasteiger partial charge in [0.05, 0.1) is 11.2 Å². The standard InChI is InChI=1S/C18H25BN2O2/c1-6-13-8-7-9-14(10-13)16(21)11-15(12-20)19-22-17(2,3)18(4,5)23-19/h6-12H,1,20-21H2,2-5H3/b15-12+,16-11-. The van der Waals surface area contributed by atoms with Crippen molar-refractivity contribution in [3.63, 3.8) is 0 Å². The Labute approximate surface area is 139 Å². The van der Waals surface area contributed by atoms with Gasteiger partial charge in [0.2, 0.25) is 0 Å². The molecule has 1 aliphatic heterocycles. The van der Waals surface area contributed by atoms with Gasteiger partial charge in [0, 0.05) is 5.70 Å². The zero-order chi connectivity index (χ0) is 17.3. The number of allylic oxidation sites excluding steroid dienone is 2. The molecule has 1 saturated heterocycles. The average molecular weight is 312 g/mol. The first-order valence-electron chi connectivity index (χ1n) is 7.67. The molecule has 0 saturated carbocycles. The second-order valence-electron chi connectivity index (χ2n) is 6.68. The van der Waals surface area contributed by atoms with Gasteiger partial charge in [-0.05, 0) is 62.6 Å². The van der Waals surface area contributed by atoms with Gasteiger partial charge in [0.1, 0.15) is 0 Å². The first kappa shape index (κ1) is 17.4. The highest BCUT2D eigenvalue weighted by atomic mass is 16.7. The van der Waals surface area contributed by atoms with Gasteiger partial charge in [-0.3, -0.25) is 0 Å². The van der Waals surface area contributed by atoms with Gasteiger partial charge in [0.25, 0.3) is 0 Å². The lowest BCUT2D eigenvalue weighted by Crippen LogP contribution is -2.41. The normalized spacial score (nSPS) is 20.6. The van der Waals surface area contributed by atoms with Crippen LogP contribution >= 0.6 is 0 Å². The molecule has 122 valence electrons. The van der Waals surface area contributed by atoms with E-state index in [1.165, 1.54) is 6.20 Å². The van der Waals surface area contributed by atoms with E-state index in [0.29, 0.717) is 11.2 Å². The van der Waals surface area contributed by atoms with Crippen molar-refractivity contribution in [1.82, 2.24) is 0 Å². The first-order valence-corrected chi connectivity index (χ1v) is 7.67. The van der Waals surface area contributed by atoms with Crippen molar-refractivity contribution in [2.45, 2.75) is 38.9 Å². The molecule has 0 bridgehead atoms. The van der Waals surface area contributed by atoms with Crippen LogP contribution in [-0.2, 0) is 9.31 Å². The molecule has 0 unspecified atom stereocenters. The maximum Gasteiger partial charge on any atom is 0.496 e. The number of hydrogen-bond donors (Lipinski definition) is 2. The molecule has 1 aromatic carbocycles. The van der Waals surface area contributed by atoms with E-state index in [9.17, 15) is 0 Å². The van der Waals surface area contributed by atoms with Crippen LogP contribution in [0.25, 0.3) is 11.8 Å². The lowest BCUT2D eigenvalue weighted by atomic mass is 9.78. The second-order valence-corrected chi connectivity index (χ2v) is 6.68. The molecular formula is C18H25BN2O2. The van der Waals surface area contributed by atoms with E-state index in [1.54, 1.807) is 12.2 Å². The van der Waals surface area contributed by atoms with E-state index < -0.39 is 18.3 Å². The molecule has 23 heavy (non-hydrogen) atoms. The molecule has 4 nitrogen and oxygen atoms in total. The summed E-state index contributed by atoms with van der Waals surface area (Å²) in [6, 6.07) is 7.82. The fraction of sp³-hybridized carbons (Fsp3) is 0.333. The van der Waals surface area contributed by atoms with Crippen molar-refractivity contribution in [1.29, 1.82) is 0 Å². The van der Waals surface area contributed by atoms with Crippen LogP contribution < -0.4 is 11.5 Å². The van der Waals surface area contributed by atoms with Gasteiger partial charge in [-0.1, -0.05) is 30.9 Å². The quantitative estimate of drug-likeness (QED) is 0.662. The van der Waals surface area contributed by atoms with Gasteiger partial charge in [-0.25, -0.2) is 0 Å². The number of nitrogens with two attached hydrogens (primary N) is 2. The Hall–Kier alpha value is -1.98. The van der Waals surface area contributed by atoms with Gasteiger partial charge < -0.3 is 20.8 Å². The zero-order valence-electron chi connectivity index (χ0n) is 14.3. The fourth-order valence-electron chi connectivity index (χ4n) is 2.28. The Morgan fingerprint density at radius 2 is 1.78 bits per heavy atom. The third-order valence-corrected chi connectivity index (χ3v) is 4.50. The minimum atomic E-state index is -0.536. The smallest absolute Gasteiger partial charge is 0.405 e. The Balaban J connectivity index is 2.27. The third kappa shape index (κ3) is 3.51. The van der Waals surface area contributed by atoms with Crippen LogP contribution in [0.5, 0.6) is 0 Å². The summed E-state index contributed by atoms with van der Waals surface area (Å²) < 4.78 is 12.0. The minimum absolute atomic E-state index is 0.419. The predicted octanol–water partition coefficient (Wildman–Crippen LogP) is 3.10. The molecular weight excluding hydrogens is 287 g/mol. The highest BCUT2D eigenvalue weighted by Crippen LogP contribution is 2.38. The fourth-order valence-corrected chi connectivity index (χ4v) is 2.28. The van der Waals surface area contributed by atoms with Crippen LogP contribution in [0.3, 0.4) is 0 Å². The van der Waals surface area contributed by atoms with E-state index in [2.05, 4.69) is 6.58 Å². The number of rotatable bonds is 4. The van der Waals surface area contributed by atoms with Crippen molar-refractivity contribution in [2.75, 3.05) is 0 Å². The monoisotopic (exact) mass is 312 g/mol. The average Bonchev–Trinajstić information content (AvgIpc) is 2.72. The first-order chi connectivity index (χ1) is 10.7. The van der Waals surface area contributed by atoms with Crippen LogP contribution in [-0.4, -0.2) is 18.3 Å². The molecule has 0 spiro atoms. The molecule has 0 amide bonds. The summed E-state index contributed by atoms with van der Waals surface area (Å²) in [6.45, 7) is 11.8. The molecule has 1 fully saturated rings. The lowest BCUT2D eigenvalue weighted by Gasteiger charge is -2.32. The van der Waals surface area contributed by atoms with Gasteiger partial charge in [-0.2, -0.15) is 0 Å². The molecule has 0 aliphatic carbocycles. The van der Waals surface area contributed by atoms with E-state index >= 15 is 0 Å². The third-order valence-electron chi connectivity index (χ3n) is 4.50. The van der Waals surface area contributed by atoms with E-state index in [1.807, 2.05) is 52.0 Å². The van der Waals surface area contributed by atoms with Gasteiger partial charge >= 0.3 is 7.12 Å². The van der Waals surface area contributed by atoms with Crippen LogP contribution in [0.1, 0.15) is 38.8 Å². The van der Waals surface area contributed by atoms with Crippen molar-refractivity contribution < 1.29 is 9.31 Å².